The summed E-state index contributed by atoms with van der Waals surface area (Å²) in [5, 5.41) is 13.3. The molecule has 2 aromatic rings. The average molecular weight is 293 g/mol. The van der Waals surface area contributed by atoms with Crippen LogP contribution in [0.2, 0.25) is 0 Å². The average Bonchev–Trinajstić information content (AvgIpc) is 2.86. The number of rotatable bonds is 6. The van der Waals surface area contributed by atoms with E-state index in [0.29, 0.717) is 16.6 Å². The van der Waals surface area contributed by atoms with Gasteiger partial charge in [0.15, 0.2) is 5.01 Å². The lowest BCUT2D eigenvalue weighted by Crippen LogP contribution is -2.23. The van der Waals surface area contributed by atoms with Crippen LogP contribution in [0, 0.1) is 12.7 Å². The van der Waals surface area contributed by atoms with Gasteiger partial charge in [-0.1, -0.05) is 36.8 Å². The van der Waals surface area contributed by atoms with Gasteiger partial charge in [0.05, 0.1) is 0 Å². The highest BCUT2D eigenvalue weighted by molar-refractivity contribution is 7.14. The molecule has 0 saturated carbocycles. The first kappa shape index (κ1) is 15.1. The van der Waals surface area contributed by atoms with Gasteiger partial charge in [-0.05, 0) is 32.0 Å². The Hall–Kier alpha value is -1.33. The highest BCUT2D eigenvalue weighted by Gasteiger charge is 2.11. The largest absolute Gasteiger partial charge is 0.315 e. The van der Waals surface area contributed by atoms with Crippen LogP contribution in [-0.4, -0.2) is 22.8 Å². The van der Waals surface area contributed by atoms with Gasteiger partial charge in [-0.3, -0.25) is 0 Å². The predicted octanol–water partition coefficient (Wildman–Crippen LogP) is 3.58. The van der Waals surface area contributed by atoms with Crippen LogP contribution in [0.25, 0.3) is 10.6 Å². The van der Waals surface area contributed by atoms with Crippen LogP contribution in [0.1, 0.15) is 30.8 Å². The van der Waals surface area contributed by atoms with E-state index in [1.165, 1.54) is 17.4 Å². The van der Waals surface area contributed by atoms with E-state index in [9.17, 15) is 4.39 Å². The zero-order valence-corrected chi connectivity index (χ0v) is 12.9. The highest BCUT2D eigenvalue weighted by Crippen LogP contribution is 2.27. The summed E-state index contributed by atoms with van der Waals surface area (Å²) >= 11 is 1.48. The molecule has 5 heteroatoms. The first-order valence-corrected chi connectivity index (χ1v) is 7.70. The van der Waals surface area contributed by atoms with E-state index in [4.69, 9.17) is 0 Å². The predicted molar refractivity (Wildman–Crippen MR) is 81.5 cm³/mol. The molecular formula is C15H20FN3S. The Bertz CT molecular complexity index is 566. The van der Waals surface area contributed by atoms with Crippen LogP contribution in [0.4, 0.5) is 4.39 Å². The third-order valence-electron chi connectivity index (χ3n) is 2.94. The Morgan fingerprint density at radius 3 is 2.85 bits per heavy atom. The van der Waals surface area contributed by atoms with E-state index in [2.05, 4.69) is 29.4 Å². The lowest BCUT2D eigenvalue weighted by Gasteiger charge is -2.05. The van der Waals surface area contributed by atoms with Crippen LogP contribution < -0.4 is 5.32 Å². The van der Waals surface area contributed by atoms with E-state index >= 15 is 0 Å². The van der Waals surface area contributed by atoms with Crippen molar-refractivity contribution in [2.75, 3.05) is 6.54 Å². The lowest BCUT2D eigenvalue weighted by atomic mass is 10.1. The normalized spacial score (nSPS) is 11.2. The number of hydrogen-bond acceptors (Lipinski definition) is 4. The summed E-state index contributed by atoms with van der Waals surface area (Å²) in [5.41, 5.74) is 1.58. The Kier molecular flexibility index (Phi) is 5.20. The minimum absolute atomic E-state index is 0.236. The Morgan fingerprint density at radius 2 is 2.10 bits per heavy atom. The second kappa shape index (κ2) is 6.90. The van der Waals surface area contributed by atoms with Crippen LogP contribution in [0.15, 0.2) is 18.2 Å². The van der Waals surface area contributed by atoms with Crippen molar-refractivity contribution in [3.8, 4) is 10.6 Å². The summed E-state index contributed by atoms with van der Waals surface area (Å²) in [6, 6.07) is 5.57. The molecule has 1 heterocycles. The second-order valence-electron chi connectivity index (χ2n) is 5.20. The summed E-state index contributed by atoms with van der Waals surface area (Å²) < 4.78 is 13.8. The van der Waals surface area contributed by atoms with Gasteiger partial charge in [0.2, 0.25) is 0 Å². The molecule has 0 aliphatic heterocycles. The van der Waals surface area contributed by atoms with Gasteiger partial charge in [0.1, 0.15) is 10.8 Å². The Labute approximate surface area is 123 Å². The molecule has 0 radical (unpaired) electrons. The molecule has 2 rings (SSSR count). The molecule has 0 unspecified atom stereocenters. The van der Waals surface area contributed by atoms with Gasteiger partial charge in [0.25, 0.3) is 0 Å². The molecule has 1 aromatic heterocycles. The summed E-state index contributed by atoms with van der Waals surface area (Å²) in [6.45, 7) is 7.17. The zero-order chi connectivity index (χ0) is 14.5. The summed E-state index contributed by atoms with van der Waals surface area (Å²) in [5.74, 6) is -0.236. The van der Waals surface area contributed by atoms with Gasteiger partial charge in [0, 0.05) is 18.0 Å². The van der Waals surface area contributed by atoms with Crippen LogP contribution in [0.3, 0.4) is 0 Å². The van der Waals surface area contributed by atoms with Crippen molar-refractivity contribution in [3.63, 3.8) is 0 Å². The molecule has 1 N–H and O–H groups in total. The maximum Gasteiger partial charge on any atom is 0.150 e. The minimum atomic E-state index is -0.236. The standard InChI is InChI=1S/C15H20FN3S/c1-10(2)17-8-4-5-14-18-19-15(20-14)12-9-11(3)6-7-13(12)16/h6-7,9-10,17H,4-5,8H2,1-3H3. The van der Waals surface area contributed by atoms with Crippen LogP contribution >= 0.6 is 11.3 Å². The van der Waals surface area contributed by atoms with Gasteiger partial charge in [-0.2, -0.15) is 0 Å². The monoisotopic (exact) mass is 293 g/mol. The van der Waals surface area contributed by atoms with Gasteiger partial charge in [-0.15, -0.1) is 10.2 Å². The molecule has 0 saturated heterocycles. The Morgan fingerprint density at radius 1 is 1.30 bits per heavy atom. The molecule has 0 fully saturated rings. The maximum atomic E-state index is 13.8. The summed E-state index contributed by atoms with van der Waals surface area (Å²) in [4.78, 5) is 0. The van der Waals surface area contributed by atoms with Gasteiger partial charge >= 0.3 is 0 Å². The number of benzene rings is 1. The first-order chi connectivity index (χ1) is 9.56. The topological polar surface area (TPSA) is 37.8 Å². The van der Waals surface area contributed by atoms with Crippen molar-refractivity contribution in [1.29, 1.82) is 0 Å². The Balaban J connectivity index is 2.00. The maximum absolute atomic E-state index is 13.8. The summed E-state index contributed by atoms with van der Waals surface area (Å²) in [7, 11) is 0. The van der Waals surface area contributed by atoms with Crippen LogP contribution in [-0.2, 0) is 6.42 Å². The quantitative estimate of drug-likeness (QED) is 0.827. The van der Waals surface area contributed by atoms with E-state index in [-0.39, 0.29) is 5.82 Å². The molecule has 108 valence electrons. The minimum Gasteiger partial charge on any atom is -0.315 e. The third kappa shape index (κ3) is 4.08. The number of aromatic nitrogens is 2. The molecule has 0 bridgehead atoms. The van der Waals surface area contributed by atoms with Crippen molar-refractivity contribution in [2.24, 2.45) is 0 Å². The molecule has 3 nitrogen and oxygen atoms in total. The van der Waals surface area contributed by atoms with Gasteiger partial charge < -0.3 is 5.32 Å². The number of nitrogens with zero attached hydrogens (tertiary/aromatic N) is 2. The molecule has 0 amide bonds. The smallest absolute Gasteiger partial charge is 0.150 e. The number of halogens is 1. The van der Waals surface area contributed by atoms with Crippen molar-refractivity contribution in [2.45, 2.75) is 39.7 Å². The number of nitrogens with one attached hydrogen (secondary N) is 1. The van der Waals surface area contributed by atoms with E-state index in [1.807, 2.05) is 13.0 Å². The van der Waals surface area contributed by atoms with Crippen molar-refractivity contribution < 1.29 is 4.39 Å². The lowest BCUT2D eigenvalue weighted by molar-refractivity contribution is 0.569. The highest BCUT2D eigenvalue weighted by atomic mass is 32.1. The fraction of sp³-hybridized carbons (Fsp3) is 0.467. The number of aryl methyl sites for hydroxylation is 2. The molecule has 20 heavy (non-hydrogen) atoms. The molecule has 0 atom stereocenters. The third-order valence-corrected chi connectivity index (χ3v) is 3.96. The molecular weight excluding hydrogens is 273 g/mol. The molecule has 0 aliphatic rings. The summed E-state index contributed by atoms with van der Waals surface area (Å²) in [6.07, 6.45) is 1.90. The fourth-order valence-electron chi connectivity index (χ4n) is 1.90. The van der Waals surface area contributed by atoms with E-state index in [0.717, 1.165) is 30.0 Å². The molecule has 0 spiro atoms. The van der Waals surface area contributed by atoms with E-state index in [1.54, 1.807) is 6.07 Å². The van der Waals surface area contributed by atoms with E-state index < -0.39 is 0 Å². The fourth-order valence-corrected chi connectivity index (χ4v) is 2.80. The molecule has 1 aromatic carbocycles. The molecule has 0 aliphatic carbocycles. The zero-order valence-electron chi connectivity index (χ0n) is 12.1. The first-order valence-electron chi connectivity index (χ1n) is 6.88. The number of hydrogen-bond donors (Lipinski definition) is 1. The van der Waals surface area contributed by atoms with Gasteiger partial charge in [-0.25, -0.2) is 4.39 Å². The van der Waals surface area contributed by atoms with Crippen molar-refractivity contribution in [1.82, 2.24) is 15.5 Å². The second-order valence-corrected chi connectivity index (χ2v) is 6.26. The van der Waals surface area contributed by atoms with Crippen molar-refractivity contribution in [3.05, 3.63) is 34.6 Å². The van der Waals surface area contributed by atoms with Crippen LogP contribution in [0.5, 0.6) is 0 Å². The van der Waals surface area contributed by atoms with Crippen molar-refractivity contribution >= 4 is 11.3 Å². The SMILES string of the molecule is Cc1ccc(F)c(-c2nnc(CCCNC(C)C)s2)c1.